The molecule has 0 aromatic carbocycles. The smallest absolute Gasteiger partial charge is 0.250 e. The molecule has 2 rings (SSSR count). The second kappa shape index (κ2) is 6.27. The number of rotatable bonds is 2. The van der Waals surface area contributed by atoms with Gasteiger partial charge in [0.05, 0.1) is 6.61 Å². The fourth-order valence-corrected chi connectivity index (χ4v) is 1.81. The van der Waals surface area contributed by atoms with Crippen LogP contribution < -0.4 is 16.0 Å². The minimum atomic E-state index is -0.302. The normalized spacial score (nSPS) is 30.7. The largest absolute Gasteiger partial charge is 0.366 e. The third-order valence-electron chi connectivity index (χ3n) is 2.63. The maximum atomic E-state index is 11.7. The molecule has 2 aliphatic rings. The van der Waals surface area contributed by atoms with Gasteiger partial charge in [0.15, 0.2) is 0 Å². The van der Waals surface area contributed by atoms with Crippen LogP contribution >= 0.6 is 12.4 Å². The van der Waals surface area contributed by atoms with Crippen LogP contribution in [-0.4, -0.2) is 50.8 Å². The van der Waals surface area contributed by atoms with Crippen LogP contribution in [0.1, 0.15) is 6.42 Å². The monoisotopic (exact) mass is 235 g/mol. The zero-order valence-electron chi connectivity index (χ0n) is 8.62. The second-order valence-corrected chi connectivity index (χ2v) is 3.76. The Bertz CT molecular complexity index is 204. The molecule has 0 radical (unpaired) electrons. The Morgan fingerprint density at radius 1 is 1.27 bits per heavy atom. The summed E-state index contributed by atoms with van der Waals surface area (Å²) in [7, 11) is 0. The van der Waals surface area contributed by atoms with Crippen molar-refractivity contribution in [3.63, 3.8) is 0 Å². The average molecular weight is 236 g/mol. The Kier molecular flexibility index (Phi) is 5.31. The van der Waals surface area contributed by atoms with Crippen LogP contribution in [-0.2, 0) is 9.53 Å². The topological polar surface area (TPSA) is 62.4 Å². The maximum absolute atomic E-state index is 11.7. The number of amides is 1. The third-order valence-corrected chi connectivity index (χ3v) is 2.63. The molecule has 0 aromatic heterocycles. The highest BCUT2D eigenvalue weighted by molar-refractivity contribution is 5.85. The first-order chi connectivity index (χ1) is 6.86. The van der Waals surface area contributed by atoms with Crippen molar-refractivity contribution in [2.24, 2.45) is 0 Å². The molecule has 3 N–H and O–H groups in total. The van der Waals surface area contributed by atoms with Crippen LogP contribution in [0.2, 0.25) is 0 Å². The second-order valence-electron chi connectivity index (χ2n) is 3.76. The van der Waals surface area contributed by atoms with E-state index in [0.29, 0.717) is 13.2 Å². The van der Waals surface area contributed by atoms with E-state index in [9.17, 15) is 4.79 Å². The van der Waals surface area contributed by atoms with Crippen molar-refractivity contribution in [1.29, 1.82) is 0 Å². The molecule has 2 heterocycles. The zero-order chi connectivity index (χ0) is 9.80. The summed E-state index contributed by atoms with van der Waals surface area (Å²) in [5.74, 6) is 0.0194. The van der Waals surface area contributed by atoms with Crippen LogP contribution in [0.5, 0.6) is 0 Å². The third kappa shape index (κ3) is 3.61. The van der Waals surface area contributed by atoms with Crippen molar-refractivity contribution in [1.82, 2.24) is 16.0 Å². The van der Waals surface area contributed by atoms with E-state index < -0.39 is 0 Å². The predicted octanol–water partition coefficient (Wildman–Crippen LogP) is -1.13. The first-order valence-corrected chi connectivity index (χ1v) is 5.19. The standard InChI is InChI=1S/C9H17N3O2.ClH/c13-9(8-6-11-3-4-14-8)12-7-1-2-10-5-7;/h7-8,10-11H,1-6H2,(H,12,13);1H. The van der Waals surface area contributed by atoms with Crippen LogP contribution in [0.3, 0.4) is 0 Å². The molecular formula is C9H18ClN3O2. The molecule has 0 aromatic rings. The van der Waals surface area contributed by atoms with E-state index in [-0.39, 0.29) is 30.5 Å². The van der Waals surface area contributed by atoms with Gasteiger partial charge in [0.1, 0.15) is 6.10 Å². The van der Waals surface area contributed by atoms with E-state index in [4.69, 9.17) is 4.74 Å². The van der Waals surface area contributed by atoms with Crippen LogP contribution in [0, 0.1) is 0 Å². The molecule has 15 heavy (non-hydrogen) atoms. The molecule has 2 unspecified atom stereocenters. The minimum absolute atomic E-state index is 0. The van der Waals surface area contributed by atoms with Crippen molar-refractivity contribution >= 4 is 18.3 Å². The van der Waals surface area contributed by atoms with E-state index >= 15 is 0 Å². The first kappa shape index (κ1) is 12.7. The summed E-state index contributed by atoms with van der Waals surface area (Å²) in [4.78, 5) is 11.7. The van der Waals surface area contributed by atoms with Gasteiger partial charge in [0.25, 0.3) is 5.91 Å². The summed E-state index contributed by atoms with van der Waals surface area (Å²) >= 11 is 0. The summed E-state index contributed by atoms with van der Waals surface area (Å²) in [6.45, 7) is 3.97. The average Bonchev–Trinajstić information content (AvgIpc) is 2.72. The molecule has 2 fully saturated rings. The predicted molar refractivity (Wildman–Crippen MR) is 59.3 cm³/mol. The lowest BCUT2D eigenvalue weighted by atomic mass is 10.2. The van der Waals surface area contributed by atoms with Gasteiger partial charge in [-0.05, 0) is 13.0 Å². The number of carbonyl (C=O) groups excluding carboxylic acids is 1. The van der Waals surface area contributed by atoms with Gasteiger partial charge in [-0.1, -0.05) is 0 Å². The molecule has 0 spiro atoms. The summed E-state index contributed by atoms with van der Waals surface area (Å²) < 4.78 is 5.36. The van der Waals surface area contributed by atoms with Gasteiger partial charge in [-0.3, -0.25) is 4.79 Å². The van der Waals surface area contributed by atoms with Gasteiger partial charge < -0.3 is 20.7 Å². The number of ether oxygens (including phenoxy) is 1. The molecule has 5 nitrogen and oxygen atoms in total. The van der Waals surface area contributed by atoms with Crippen molar-refractivity contribution in [2.75, 3.05) is 32.8 Å². The number of halogens is 1. The Morgan fingerprint density at radius 2 is 2.07 bits per heavy atom. The number of hydrogen-bond donors (Lipinski definition) is 3. The van der Waals surface area contributed by atoms with E-state index in [1.54, 1.807) is 0 Å². The number of nitrogens with one attached hydrogen (secondary N) is 3. The summed E-state index contributed by atoms with van der Waals surface area (Å²) in [5, 5.41) is 9.33. The van der Waals surface area contributed by atoms with Crippen molar-refractivity contribution in [3.8, 4) is 0 Å². The maximum Gasteiger partial charge on any atom is 0.250 e. The molecule has 2 atom stereocenters. The summed E-state index contributed by atoms with van der Waals surface area (Å²) in [5.41, 5.74) is 0. The zero-order valence-corrected chi connectivity index (χ0v) is 9.44. The molecule has 88 valence electrons. The highest BCUT2D eigenvalue weighted by Gasteiger charge is 2.25. The number of hydrogen-bond acceptors (Lipinski definition) is 4. The van der Waals surface area contributed by atoms with Crippen LogP contribution in [0.15, 0.2) is 0 Å². The number of morpholine rings is 1. The summed E-state index contributed by atoms with van der Waals surface area (Å²) in [6, 6.07) is 0.285. The fraction of sp³-hybridized carbons (Fsp3) is 0.889. The lowest BCUT2D eigenvalue weighted by Gasteiger charge is -2.24. The molecule has 0 saturated carbocycles. The molecule has 6 heteroatoms. The Hall–Kier alpha value is -0.360. The van der Waals surface area contributed by atoms with Crippen molar-refractivity contribution in [3.05, 3.63) is 0 Å². The van der Waals surface area contributed by atoms with Gasteiger partial charge in [0, 0.05) is 25.7 Å². The molecule has 1 amide bonds. The van der Waals surface area contributed by atoms with Gasteiger partial charge in [-0.2, -0.15) is 0 Å². The van der Waals surface area contributed by atoms with Gasteiger partial charge in [0.2, 0.25) is 0 Å². The Balaban J connectivity index is 0.00000112. The summed E-state index contributed by atoms with van der Waals surface area (Å²) in [6.07, 6.45) is 0.718. The molecule has 0 aliphatic carbocycles. The van der Waals surface area contributed by atoms with E-state index in [1.165, 1.54) is 0 Å². The van der Waals surface area contributed by atoms with Gasteiger partial charge in [-0.15, -0.1) is 12.4 Å². The van der Waals surface area contributed by atoms with Crippen LogP contribution in [0.25, 0.3) is 0 Å². The van der Waals surface area contributed by atoms with Crippen molar-refractivity contribution < 1.29 is 9.53 Å². The highest BCUT2D eigenvalue weighted by Crippen LogP contribution is 2.00. The van der Waals surface area contributed by atoms with Crippen molar-refractivity contribution in [2.45, 2.75) is 18.6 Å². The van der Waals surface area contributed by atoms with Gasteiger partial charge >= 0.3 is 0 Å². The quantitative estimate of drug-likeness (QED) is 0.567. The molecule has 2 saturated heterocycles. The minimum Gasteiger partial charge on any atom is -0.366 e. The molecule has 0 bridgehead atoms. The lowest BCUT2D eigenvalue weighted by Crippen LogP contribution is -2.50. The fourth-order valence-electron chi connectivity index (χ4n) is 1.81. The lowest BCUT2D eigenvalue weighted by molar-refractivity contribution is -0.134. The van der Waals surface area contributed by atoms with E-state index in [1.807, 2.05) is 0 Å². The number of carbonyl (C=O) groups is 1. The molecule has 2 aliphatic heterocycles. The van der Waals surface area contributed by atoms with E-state index in [0.717, 1.165) is 26.1 Å². The Morgan fingerprint density at radius 3 is 2.67 bits per heavy atom. The first-order valence-electron chi connectivity index (χ1n) is 5.19. The highest BCUT2D eigenvalue weighted by atomic mass is 35.5. The SMILES string of the molecule is Cl.O=C(NC1CCNC1)C1CNCCO1. The molecular weight excluding hydrogens is 218 g/mol. The Labute approximate surface area is 95.7 Å². The van der Waals surface area contributed by atoms with Gasteiger partial charge in [-0.25, -0.2) is 0 Å². The van der Waals surface area contributed by atoms with Crippen LogP contribution in [0.4, 0.5) is 0 Å². The van der Waals surface area contributed by atoms with E-state index in [2.05, 4.69) is 16.0 Å².